The molecule has 0 bridgehead atoms. The number of ether oxygens (including phenoxy) is 2. The number of carbonyl (C=O) groups is 5. The molecule has 0 spiro atoms. The molecule has 3 fully saturated rings. The zero-order valence-corrected chi connectivity index (χ0v) is 31.7. The molecule has 4 rings (SSSR count). The number of hydrogen-bond donors (Lipinski definition) is 5. The fourth-order valence-corrected chi connectivity index (χ4v) is 8.24. The van der Waals surface area contributed by atoms with Gasteiger partial charge in [-0.1, -0.05) is 69.4 Å². The summed E-state index contributed by atoms with van der Waals surface area (Å²) in [5, 5.41) is 18.8. The van der Waals surface area contributed by atoms with Crippen LogP contribution in [0.1, 0.15) is 91.5 Å². The number of nitrogens with one attached hydrogen (secondary N) is 5. The van der Waals surface area contributed by atoms with E-state index >= 15 is 0 Å². The van der Waals surface area contributed by atoms with Gasteiger partial charge < -0.3 is 36.1 Å². The summed E-state index contributed by atoms with van der Waals surface area (Å²) in [6.45, 7) is 9.81. The summed E-state index contributed by atoms with van der Waals surface area (Å²) >= 11 is 1.89. The molecule has 52 heavy (non-hydrogen) atoms. The lowest BCUT2D eigenvalue weighted by atomic mass is 9.84. The molecule has 0 radical (unpaired) electrons. The van der Waals surface area contributed by atoms with E-state index in [-0.39, 0.29) is 36.3 Å². The summed E-state index contributed by atoms with van der Waals surface area (Å²) in [6.07, 6.45) is 5.56. The molecule has 3 aliphatic heterocycles. The number of unbranched alkanes of at least 4 members (excludes halogenated alkanes) is 4. The first kappa shape index (κ1) is 40.8. The molecule has 6 atom stereocenters. The molecule has 16 heteroatoms. The van der Waals surface area contributed by atoms with Gasteiger partial charge in [0.05, 0.1) is 18.0 Å². The highest BCUT2D eigenvalue weighted by Gasteiger charge is 2.48. The molecule has 1 aromatic carbocycles. The third-order valence-electron chi connectivity index (χ3n) is 9.46. The number of azide groups is 1. The Morgan fingerprint density at radius 1 is 1.00 bits per heavy atom. The number of benzene rings is 1. The van der Waals surface area contributed by atoms with Gasteiger partial charge in [-0.25, -0.2) is 9.59 Å². The molecule has 286 valence electrons. The summed E-state index contributed by atoms with van der Waals surface area (Å²) < 4.78 is 11.2. The molecule has 5 N–H and O–H groups in total. The van der Waals surface area contributed by atoms with Crippen LogP contribution in [0.15, 0.2) is 29.4 Å². The second-order valence-corrected chi connectivity index (χ2v) is 16.5. The van der Waals surface area contributed by atoms with E-state index in [0.29, 0.717) is 36.0 Å². The first-order valence-electron chi connectivity index (χ1n) is 18.2. The summed E-state index contributed by atoms with van der Waals surface area (Å²) in [5.74, 6) is -2.69. The van der Waals surface area contributed by atoms with Gasteiger partial charge >= 0.3 is 12.0 Å². The molecule has 3 saturated heterocycles. The van der Waals surface area contributed by atoms with Crippen LogP contribution < -0.4 is 26.6 Å². The molecule has 6 unspecified atom stereocenters. The van der Waals surface area contributed by atoms with E-state index in [9.17, 15) is 24.0 Å². The number of fused-ring (bicyclic) bond motifs is 1. The highest BCUT2D eigenvalue weighted by Crippen LogP contribution is 2.34. The van der Waals surface area contributed by atoms with Gasteiger partial charge in [0.15, 0.2) is 6.10 Å². The van der Waals surface area contributed by atoms with Crippen molar-refractivity contribution in [2.24, 2.45) is 16.4 Å². The molecule has 15 nitrogen and oxygen atoms in total. The molecule has 0 aromatic heterocycles. The van der Waals surface area contributed by atoms with Crippen molar-refractivity contribution >= 4 is 47.2 Å². The first-order chi connectivity index (χ1) is 24.7. The average Bonchev–Trinajstić information content (AvgIpc) is 3.72. The van der Waals surface area contributed by atoms with Crippen molar-refractivity contribution in [2.75, 3.05) is 18.8 Å². The van der Waals surface area contributed by atoms with Gasteiger partial charge in [0, 0.05) is 55.0 Å². The van der Waals surface area contributed by atoms with Crippen molar-refractivity contribution in [1.29, 1.82) is 0 Å². The number of hydrogen-bond acceptors (Lipinski definition) is 9. The Hall–Kier alpha value is -4.01. The number of amides is 5. The number of esters is 1. The zero-order chi connectivity index (χ0) is 37.9. The van der Waals surface area contributed by atoms with Crippen LogP contribution in [0.25, 0.3) is 10.4 Å². The van der Waals surface area contributed by atoms with E-state index in [1.807, 2.05) is 32.5 Å². The molecule has 5 amide bonds. The van der Waals surface area contributed by atoms with Crippen molar-refractivity contribution in [2.45, 2.75) is 128 Å². The molecule has 3 aliphatic rings. The lowest BCUT2D eigenvalue weighted by Gasteiger charge is -2.32. The summed E-state index contributed by atoms with van der Waals surface area (Å²) in [4.78, 5) is 66.6. The zero-order valence-electron chi connectivity index (χ0n) is 30.9. The van der Waals surface area contributed by atoms with Gasteiger partial charge in [-0.2, -0.15) is 11.8 Å². The van der Waals surface area contributed by atoms with Crippen LogP contribution in [-0.2, 0) is 35.1 Å². The fourth-order valence-electron chi connectivity index (χ4n) is 6.70. The highest BCUT2D eigenvalue weighted by atomic mass is 32.2. The van der Waals surface area contributed by atoms with Gasteiger partial charge in [-0.3, -0.25) is 14.4 Å². The maximum atomic E-state index is 13.8. The van der Waals surface area contributed by atoms with Crippen molar-refractivity contribution in [1.82, 2.24) is 26.6 Å². The van der Waals surface area contributed by atoms with Crippen LogP contribution in [-0.4, -0.2) is 83.8 Å². The van der Waals surface area contributed by atoms with Crippen molar-refractivity contribution in [3.8, 4) is 0 Å². The van der Waals surface area contributed by atoms with E-state index in [1.54, 1.807) is 38.1 Å². The highest BCUT2D eigenvalue weighted by molar-refractivity contribution is 8.00. The van der Waals surface area contributed by atoms with Crippen LogP contribution in [0.2, 0.25) is 0 Å². The second kappa shape index (κ2) is 18.7. The summed E-state index contributed by atoms with van der Waals surface area (Å²) in [5.41, 5.74) is 9.19. The molecule has 3 heterocycles. The lowest BCUT2D eigenvalue weighted by Crippen LogP contribution is -2.56. The number of nitrogens with zero attached hydrogens (tertiary/aromatic N) is 3. The summed E-state index contributed by atoms with van der Waals surface area (Å²) in [6, 6.07) is 6.11. The monoisotopic (exact) mass is 742 g/mol. The fraction of sp³-hybridized carbons (Fsp3) is 0.694. The summed E-state index contributed by atoms with van der Waals surface area (Å²) in [7, 11) is 0. The number of thioether (sulfide) groups is 1. The Bertz CT molecular complexity index is 1480. The molecular formula is C36H54N8O7S. The third kappa shape index (κ3) is 12.0. The largest absolute Gasteiger partial charge is 0.432 e. The minimum Gasteiger partial charge on any atom is -0.432 e. The number of carbonyl (C=O) groups excluding carboxylic acids is 5. The van der Waals surface area contributed by atoms with Crippen LogP contribution in [0.5, 0.6) is 0 Å². The van der Waals surface area contributed by atoms with Gasteiger partial charge in [0.25, 0.3) is 0 Å². The normalized spacial score (nSPS) is 22.9. The lowest BCUT2D eigenvalue weighted by molar-refractivity contribution is -0.162. The predicted octanol–water partition coefficient (Wildman–Crippen LogP) is 4.51. The topological polar surface area (TPSA) is 213 Å². The molecular weight excluding hydrogens is 689 g/mol. The number of rotatable bonds is 19. The number of cyclic esters (lactones) is 1. The van der Waals surface area contributed by atoms with Crippen LogP contribution in [0.3, 0.4) is 0 Å². The Kier molecular flexibility index (Phi) is 14.6. The van der Waals surface area contributed by atoms with Crippen LogP contribution in [0, 0.1) is 11.3 Å². The van der Waals surface area contributed by atoms with Gasteiger partial charge in [0.1, 0.15) is 6.04 Å². The van der Waals surface area contributed by atoms with Crippen molar-refractivity contribution in [3.05, 3.63) is 40.3 Å². The molecule has 0 saturated carbocycles. The van der Waals surface area contributed by atoms with Crippen molar-refractivity contribution in [3.63, 3.8) is 0 Å². The Balaban J connectivity index is 1.16. The van der Waals surface area contributed by atoms with Crippen LogP contribution >= 0.6 is 11.8 Å². The van der Waals surface area contributed by atoms with Crippen LogP contribution in [0.4, 0.5) is 10.5 Å². The van der Waals surface area contributed by atoms with E-state index in [4.69, 9.17) is 15.0 Å². The minimum absolute atomic E-state index is 0.0564. The Morgan fingerprint density at radius 2 is 1.69 bits per heavy atom. The van der Waals surface area contributed by atoms with Gasteiger partial charge in [-0.15, -0.1) is 0 Å². The smallest absolute Gasteiger partial charge is 0.338 e. The second-order valence-electron chi connectivity index (χ2n) is 15.3. The van der Waals surface area contributed by atoms with E-state index in [0.717, 1.165) is 50.7 Å². The SMILES string of the molecule is CC1(C)OC(=O)C(C(Cc2ccc(N=[N+]=[N-])cc2)C(=O)NC(C(=O)NCCCCCCNC(=O)CCCCC2SCC3NC(=O)NC32)C(C)(C)C)O1. The Labute approximate surface area is 309 Å². The standard InChI is InChI=1S/C36H54N8O7S/c1-35(2,3)30(42-31(46)24(29-33(48)51-36(4,5)50-29)20-22-14-16-23(17-15-22)43-44-37)32(47)39-19-11-7-6-10-18-38-27(45)13-9-8-12-26-28-25(21-52-26)40-34(49)41-28/h14-17,24-26,28-30H,6-13,18-21H2,1-5H3,(H,38,45)(H,39,47)(H,42,46)(H2,40,41,49). The first-order valence-corrected chi connectivity index (χ1v) is 19.3. The maximum Gasteiger partial charge on any atom is 0.338 e. The average molecular weight is 743 g/mol. The third-order valence-corrected chi connectivity index (χ3v) is 11.0. The van der Waals surface area contributed by atoms with E-state index in [2.05, 4.69) is 36.6 Å². The van der Waals surface area contributed by atoms with Crippen molar-refractivity contribution < 1.29 is 33.4 Å². The van der Waals surface area contributed by atoms with E-state index < -0.39 is 41.1 Å². The quantitative estimate of drug-likeness (QED) is 0.0339. The van der Waals surface area contributed by atoms with E-state index in [1.165, 1.54) is 0 Å². The predicted molar refractivity (Wildman–Crippen MR) is 197 cm³/mol. The maximum absolute atomic E-state index is 13.8. The Morgan fingerprint density at radius 3 is 2.33 bits per heavy atom. The van der Waals surface area contributed by atoms with Gasteiger partial charge in [-0.05, 0) is 48.6 Å². The van der Waals surface area contributed by atoms with Gasteiger partial charge in [0.2, 0.25) is 23.5 Å². The minimum atomic E-state index is -1.20. The molecule has 0 aliphatic carbocycles. The number of urea groups is 1. The molecule has 1 aromatic rings.